The molecule has 1 rings (SSSR count). The molecule has 0 atom stereocenters. The monoisotopic (exact) mass is 200 g/mol. The molecule has 0 spiro atoms. The Kier molecular flexibility index (Phi) is 5.45. The molecular weight excluding hydrogens is 176 g/mol. The van der Waals surface area contributed by atoms with Crippen molar-refractivity contribution in [2.45, 2.75) is 32.3 Å². The number of hydrogen-bond acceptors (Lipinski definition) is 3. The second-order valence-corrected chi connectivity index (χ2v) is 4.46. The van der Waals surface area contributed by atoms with E-state index in [2.05, 4.69) is 24.2 Å². The first-order chi connectivity index (χ1) is 6.72. The topological polar surface area (TPSA) is 35.5 Å². The first-order valence-electron chi connectivity index (χ1n) is 5.79. The summed E-state index contributed by atoms with van der Waals surface area (Å²) in [6.07, 6.45) is 3.24. The van der Waals surface area contributed by atoms with Gasteiger partial charge in [0, 0.05) is 6.54 Å². The zero-order valence-electron chi connectivity index (χ0n) is 9.50. The Hall–Kier alpha value is -0.120. The summed E-state index contributed by atoms with van der Waals surface area (Å²) < 4.78 is 0. The Balaban J connectivity index is 1.91. The van der Waals surface area contributed by atoms with Crippen LogP contribution in [0.1, 0.15) is 26.2 Å². The molecule has 84 valence electrons. The molecule has 0 aromatic heterocycles. The van der Waals surface area contributed by atoms with Gasteiger partial charge in [0.15, 0.2) is 0 Å². The average molecular weight is 200 g/mol. The van der Waals surface area contributed by atoms with E-state index in [9.17, 15) is 0 Å². The van der Waals surface area contributed by atoms with Crippen molar-refractivity contribution in [2.24, 2.45) is 5.92 Å². The van der Waals surface area contributed by atoms with Crippen LogP contribution >= 0.6 is 0 Å². The van der Waals surface area contributed by atoms with Crippen LogP contribution in [0.25, 0.3) is 0 Å². The number of nitrogens with zero attached hydrogens (tertiary/aromatic N) is 1. The number of aliphatic hydroxyl groups excluding tert-OH is 1. The molecule has 1 saturated carbocycles. The Bertz CT molecular complexity index is 146. The highest BCUT2D eigenvalue weighted by molar-refractivity contribution is 4.80. The number of nitrogens with one attached hydrogen (secondary N) is 1. The normalized spacial score (nSPS) is 26.6. The second-order valence-electron chi connectivity index (χ2n) is 4.46. The van der Waals surface area contributed by atoms with Crippen LogP contribution in [0.4, 0.5) is 0 Å². The third kappa shape index (κ3) is 4.40. The first kappa shape index (κ1) is 12.0. The lowest BCUT2D eigenvalue weighted by atomic mass is 9.82. The maximum Gasteiger partial charge on any atom is 0.0546 e. The molecule has 0 heterocycles. The predicted molar refractivity (Wildman–Crippen MR) is 59.4 cm³/mol. The van der Waals surface area contributed by atoms with Crippen molar-refractivity contribution in [3.8, 4) is 0 Å². The van der Waals surface area contributed by atoms with Gasteiger partial charge < -0.3 is 15.3 Å². The summed E-state index contributed by atoms with van der Waals surface area (Å²) in [5, 5.41) is 12.5. The van der Waals surface area contributed by atoms with Crippen molar-refractivity contribution in [1.29, 1.82) is 0 Å². The minimum Gasteiger partial charge on any atom is -0.393 e. The average Bonchev–Trinajstić information content (AvgIpc) is 2.10. The summed E-state index contributed by atoms with van der Waals surface area (Å²) in [5.74, 6) is 0.745. The molecule has 2 N–H and O–H groups in total. The van der Waals surface area contributed by atoms with Gasteiger partial charge in [0.25, 0.3) is 0 Å². The van der Waals surface area contributed by atoms with E-state index >= 15 is 0 Å². The molecule has 0 amide bonds. The van der Waals surface area contributed by atoms with Crippen LogP contribution in [0.2, 0.25) is 0 Å². The van der Waals surface area contributed by atoms with E-state index in [0.29, 0.717) is 0 Å². The lowest BCUT2D eigenvalue weighted by molar-refractivity contribution is 0.0283. The highest BCUT2D eigenvalue weighted by Crippen LogP contribution is 2.27. The largest absolute Gasteiger partial charge is 0.393 e. The van der Waals surface area contributed by atoms with Crippen molar-refractivity contribution in [3.63, 3.8) is 0 Å². The van der Waals surface area contributed by atoms with Crippen LogP contribution in [0.15, 0.2) is 0 Å². The van der Waals surface area contributed by atoms with Crippen LogP contribution in [0.3, 0.4) is 0 Å². The first-order valence-corrected chi connectivity index (χ1v) is 5.79. The van der Waals surface area contributed by atoms with Gasteiger partial charge >= 0.3 is 0 Å². The van der Waals surface area contributed by atoms with E-state index in [4.69, 9.17) is 5.11 Å². The van der Waals surface area contributed by atoms with E-state index in [1.54, 1.807) is 0 Å². The van der Waals surface area contributed by atoms with E-state index in [1.807, 2.05) is 0 Å². The Labute approximate surface area is 87.5 Å². The molecule has 14 heavy (non-hydrogen) atoms. The lowest BCUT2D eigenvalue weighted by Gasteiger charge is -2.34. The number of rotatable bonds is 7. The summed E-state index contributed by atoms with van der Waals surface area (Å²) in [6.45, 7) is 6.65. The van der Waals surface area contributed by atoms with E-state index in [1.165, 1.54) is 13.0 Å². The number of hydrogen-bond donors (Lipinski definition) is 2. The molecular formula is C11H24N2O. The van der Waals surface area contributed by atoms with Gasteiger partial charge in [-0.2, -0.15) is 0 Å². The molecule has 0 aliphatic heterocycles. The molecule has 0 radical (unpaired) electrons. The SMILES string of the molecule is CCNCCCN(C)CC1CC(O)C1. The van der Waals surface area contributed by atoms with Crippen LogP contribution in [0.5, 0.6) is 0 Å². The Morgan fingerprint density at radius 2 is 2.14 bits per heavy atom. The van der Waals surface area contributed by atoms with Crippen LogP contribution in [0, 0.1) is 5.92 Å². The fourth-order valence-electron chi connectivity index (χ4n) is 2.03. The van der Waals surface area contributed by atoms with Gasteiger partial charge in [0.1, 0.15) is 0 Å². The van der Waals surface area contributed by atoms with Crippen molar-refractivity contribution < 1.29 is 5.11 Å². The summed E-state index contributed by atoms with van der Waals surface area (Å²) in [5.41, 5.74) is 0. The summed E-state index contributed by atoms with van der Waals surface area (Å²) in [6, 6.07) is 0. The quantitative estimate of drug-likeness (QED) is 0.594. The highest BCUT2D eigenvalue weighted by atomic mass is 16.3. The maximum atomic E-state index is 9.15. The smallest absolute Gasteiger partial charge is 0.0546 e. The van der Waals surface area contributed by atoms with Gasteiger partial charge in [0.2, 0.25) is 0 Å². The van der Waals surface area contributed by atoms with Gasteiger partial charge in [-0.15, -0.1) is 0 Å². The maximum absolute atomic E-state index is 9.15. The molecule has 0 unspecified atom stereocenters. The predicted octanol–water partition coefficient (Wildman–Crippen LogP) is 0.689. The molecule has 3 nitrogen and oxygen atoms in total. The van der Waals surface area contributed by atoms with Gasteiger partial charge in [0.05, 0.1) is 6.10 Å². The van der Waals surface area contributed by atoms with E-state index in [0.717, 1.165) is 38.4 Å². The highest BCUT2D eigenvalue weighted by Gasteiger charge is 2.27. The molecule has 3 heteroatoms. The fourth-order valence-corrected chi connectivity index (χ4v) is 2.03. The van der Waals surface area contributed by atoms with E-state index in [-0.39, 0.29) is 6.10 Å². The van der Waals surface area contributed by atoms with Crippen LogP contribution < -0.4 is 5.32 Å². The lowest BCUT2D eigenvalue weighted by Crippen LogP contribution is -2.37. The fraction of sp³-hybridized carbons (Fsp3) is 1.00. The van der Waals surface area contributed by atoms with Gasteiger partial charge in [-0.3, -0.25) is 0 Å². The third-order valence-electron chi connectivity index (χ3n) is 2.92. The van der Waals surface area contributed by atoms with Crippen molar-refractivity contribution in [3.05, 3.63) is 0 Å². The van der Waals surface area contributed by atoms with Gasteiger partial charge in [-0.05, 0) is 51.9 Å². The summed E-state index contributed by atoms with van der Waals surface area (Å²) in [7, 11) is 2.18. The molecule has 0 aromatic rings. The van der Waals surface area contributed by atoms with Gasteiger partial charge in [-0.1, -0.05) is 6.92 Å². The minimum atomic E-state index is -0.00448. The molecule has 1 aliphatic carbocycles. The van der Waals surface area contributed by atoms with Crippen LogP contribution in [-0.4, -0.2) is 49.3 Å². The zero-order valence-corrected chi connectivity index (χ0v) is 9.50. The standard InChI is InChI=1S/C11H24N2O/c1-3-12-5-4-6-13(2)9-10-7-11(14)8-10/h10-12,14H,3-9H2,1-2H3. The summed E-state index contributed by atoms with van der Waals surface area (Å²) in [4.78, 5) is 2.38. The van der Waals surface area contributed by atoms with E-state index < -0.39 is 0 Å². The molecule has 0 bridgehead atoms. The van der Waals surface area contributed by atoms with Gasteiger partial charge in [-0.25, -0.2) is 0 Å². The van der Waals surface area contributed by atoms with Crippen molar-refractivity contribution >= 4 is 0 Å². The molecule has 0 aromatic carbocycles. The van der Waals surface area contributed by atoms with Crippen LogP contribution in [-0.2, 0) is 0 Å². The van der Waals surface area contributed by atoms with Crippen molar-refractivity contribution in [2.75, 3.05) is 33.2 Å². The Morgan fingerprint density at radius 1 is 1.43 bits per heavy atom. The minimum absolute atomic E-state index is 0.00448. The Morgan fingerprint density at radius 3 is 2.71 bits per heavy atom. The zero-order chi connectivity index (χ0) is 10.4. The molecule has 1 aliphatic rings. The van der Waals surface area contributed by atoms with Crippen molar-refractivity contribution in [1.82, 2.24) is 10.2 Å². The third-order valence-corrected chi connectivity index (χ3v) is 2.92. The second kappa shape index (κ2) is 6.38. The summed E-state index contributed by atoms with van der Waals surface area (Å²) >= 11 is 0. The molecule has 1 fully saturated rings. The number of aliphatic hydroxyl groups is 1. The molecule has 0 saturated heterocycles.